The summed E-state index contributed by atoms with van der Waals surface area (Å²) in [4.78, 5) is 18.1. The van der Waals surface area contributed by atoms with Crippen molar-refractivity contribution < 1.29 is 12.8 Å². The second kappa shape index (κ2) is 10.2. The maximum absolute atomic E-state index is 14.1. The molecule has 0 aliphatic rings. The molecule has 3 aromatic rings. The number of nitrogens with zero attached hydrogens (tertiary/aromatic N) is 1. The molecule has 11 heteroatoms. The molecule has 0 saturated heterocycles. The van der Waals surface area contributed by atoms with E-state index >= 15 is 0 Å². The third kappa shape index (κ3) is 5.90. The number of hydrogen-bond acceptors (Lipinski definition) is 5. The Kier molecular flexibility index (Phi) is 8.64. The molecule has 0 saturated carbocycles. The molecule has 0 unspecified atom stereocenters. The van der Waals surface area contributed by atoms with E-state index in [1.807, 2.05) is 0 Å². The predicted molar refractivity (Wildman–Crippen MR) is 109 cm³/mol. The lowest BCUT2D eigenvalue weighted by atomic mass is 10.1. The third-order valence-electron chi connectivity index (χ3n) is 3.59. The second-order valence-electron chi connectivity index (χ2n) is 5.30. The van der Waals surface area contributed by atoms with Gasteiger partial charge in [-0.2, -0.15) is 0 Å². The number of halogens is 3. The highest BCUT2D eigenvalue weighted by Crippen LogP contribution is 2.26. The lowest BCUT2D eigenvalue weighted by Gasteiger charge is -2.11. The van der Waals surface area contributed by atoms with E-state index in [-0.39, 0.29) is 42.6 Å². The van der Waals surface area contributed by atoms with E-state index in [1.165, 1.54) is 18.3 Å². The fourth-order valence-electron chi connectivity index (χ4n) is 2.43. The molecular weight excluding hydrogens is 418 g/mol. The number of rotatable bonds is 6. The number of thiol groups is 1. The van der Waals surface area contributed by atoms with Crippen LogP contribution in [0.15, 0.2) is 47.4 Å². The molecule has 0 fully saturated rings. The minimum absolute atomic E-state index is 0. The number of pyridine rings is 2. The Hall–Kier alpha value is -2.20. The van der Waals surface area contributed by atoms with E-state index in [1.54, 1.807) is 24.3 Å². The van der Waals surface area contributed by atoms with Crippen LogP contribution in [0.2, 0.25) is 0 Å². The van der Waals surface area contributed by atoms with Gasteiger partial charge in [-0.05, 0) is 36.2 Å². The van der Waals surface area contributed by atoms with Gasteiger partial charge in [0.15, 0.2) is 0 Å². The summed E-state index contributed by atoms with van der Waals surface area (Å²) in [7, 11) is -2.65. The Morgan fingerprint density at radius 3 is 2.59 bits per heavy atom. The molecule has 2 heterocycles. The van der Waals surface area contributed by atoms with Crippen LogP contribution >= 0.6 is 24.8 Å². The molecule has 0 amide bonds. The molecule has 0 radical (unpaired) electrons. The van der Waals surface area contributed by atoms with Crippen LogP contribution in [0, 0.1) is 5.82 Å². The maximum atomic E-state index is 14.1. The topological polar surface area (TPSA) is 104 Å². The molecule has 7 nitrogen and oxygen atoms in total. The largest absolute Gasteiger partial charge is 0.352 e. The molecule has 0 spiro atoms. The normalized spacial score (nSPS) is 10.3. The highest BCUT2D eigenvalue weighted by Gasteiger charge is 2.08. The number of fused-ring (bicyclic) bond motifs is 1. The molecule has 2 aromatic heterocycles. The number of hydrogen-bond donors (Lipinski definition) is 4. The van der Waals surface area contributed by atoms with Crippen LogP contribution in [0.4, 0.5) is 15.8 Å². The molecule has 3 rings (SSSR count). The molecule has 3 N–H and O–H groups in total. The van der Waals surface area contributed by atoms with Crippen molar-refractivity contribution in [2.24, 2.45) is 0 Å². The van der Waals surface area contributed by atoms with Crippen molar-refractivity contribution in [3.63, 3.8) is 0 Å². The van der Waals surface area contributed by atoms with Crippen molar-refractivity contribution in [3.8, 4) is 0 Å². The van der Waals surface area contributed by atoms with E-state index in [2.05, 4.69) is 20.0 Å². The minimum Gasteiger partial charge on any atom is -0.352 e. The van der Waals surface area contributed by atoms with Crippen molar-refractivity contribution in [1.29, 1.82) is 0 Å². The molecule has 1 aromatic carbocycles. The van der Waals surface area contributed by atoms with Crippen molar-refractivity contribution in [1.82, 2.24) is 14.7 Å². The smallest absolute Gasteiger partial charge is 0.249 e. The van der Waals surface area contributed by atoms with Gasteiger partial charge in [-0.25, -0.2) is 22.5 Å². The maximum Gasteiger partial charge on any atom is 0.249 e. The van der Waals surface area contributed by atoms with Crippen molar-refractivity contribution in [2.45, 2.75) is 6.42 Å². The summed E-state index contributed by atoms with van der Waals surface area (Å²) in [6.07, 6.45) is 1.94. The van der Waals surface area contributed by atoms with Gasteiger partial charge in [0.25, 0.3) is 0 Å². The summed E-state index contributed by atoms with van der Waals surface area (Å²) in [5, 5.41) is 3.65. The highest BCUT2D eigenvalue weighted by molar-refractivity contribution is 7.70. The summed E-state index contributed by atoms with van der Waals surface area (Å²) in [5.74, 6) is -0.444. The first-order valence-corrected chi connectivity index (χ1v) is 8.62. The van der Waals surface area contributed by atoms with Crippen molar-refractivity contribution in [2.75, 3.05) is 11.9 Å². The first-order valence-electron chi connectivity index (χ1n) is 7.44. The Balaban J connectivity index is 0.00000182. The van der Waals surface area contributed by atoms with E-state index in [0.29, 0.717) is 23.1 Å². The Morgan fingerprint density at radius 2 is 1.85 bits per heavy atom. The van der Waals surface area contributed by atoms with Gasteiger partial charge in [-0.15, -0.1) is 24.8 Å². The van der Waals surface area contributed by atoms with Crippen molar-refractivity contribution >= 4 is 58.1 Å². The van der Waals surface area contributed by atoms with E-state index in [0.717, 1.165) is 5.56 Å². The summed E-state index contributed by atoms with van der Waals surface area (Å²) < 4.78 is 37.5. The van der Waals surface area contributed by atoms with Crippen molar-refractivity contribution in [3.05, 3.63) is 64.3 Å². The number of H-pyrrole nitrogens is 1. The lowest BCUT2D eigenvalue weighted by molar-refractivity contribution is 0.601. The summed E-state index contributed by atoms with van der Waals surface area (Å²) >= 11 is 0. The van der Waals surface area contributed by atoms with Gasteiger partial charge >= 0.3 is 0 Å². The fraction of sp³-hybridized carbons (Fsp3) is 0.125. The SMILES string of the molecule is Cl.Cl.O=c1ccc2c(Nc3cc(CCN[SH](=O)=O)ccc3F)ccnc2[nH]1. The molecule has 27 heavy (non-hydrogen) atoms. The summed E-state index contributed by atoms with van der Waals surface area (Å²) in [6.45, 7) is 0.239. The molecular formula is C16H17Cl2FN4O3S. The highest BCUT2D eigenvalue weighted by atomic mass is 35.5. The molecule has 0 atom stereocenters. The number of aromatic amines is 1. The molecule has 0 aliphatic carbocycles. The van der Waals surface area contributed by atoms with Gasteiger partial charge < -0.3 is 10.3 Å². The monoisotopic (exact) mass is 434 g/mol. The standard InChI is InChI=1S/C16H15FN4O3S.2ClH/c17-12-3-1-10(5-8-19-25(23)24)9-14(12)20-13-6-7-18-16-11(13)2-4-15(22)21-16;;/h1-4,6-7,9,25H,5,8H2,(H,19,23,24)(H2,18,20,21,22);2*1H. The summed E-state index contributed by atoms with van der Waals surface area (Å²) in [5.41, 5.74) is 1.76. The number of anilines is 2. The fourth-order valence-corrected chi connectivity index (χ4v) is 2.72. The van der Waals surface area contributed by atoms with Crippen LogP contribution in [0.3, 0.4) is 0 Å². The Morgan fingerprint density at radius 1 is 1.07 bits per heavy atom. The van der Waals surface area contributed by atoms with Crippen LogP contribution in [0.25, 0.3) is 11.0 Å². The predicted octanol–water partition coefficient (Wildman–Crippen LogP) is 2.31. The second-order valence-corrected chi connectivity index (χ2v) is 6.13. The zero-order valence-corrected chi connectivity index (χ0v) is 16.3. The van der Waals surface area contributed by atoms with Crippen LogP contribution in [0.5, 0.6) is 0 Å². The van der Waals surface area contributed by atoms with Gasteiger partial charge in [-0.3, -0.25) is 4.79 Å². The number of nitrogens with one attached hydrogen (secondary N) is 3. The van der Waals surface area contributed by atoms with Crippen LogP contribution in [-0.4, -0.2) is 24.9 Å². The molecule has 146 valence electrons. The van der Waals surface area contributed by atoms with E-state index in [9.17, 15) is 17.6 Å². The zero-order chi connectivity index (χ0) is 17.8. The minimum atomic E-state index is -2.65. The van der Waals surface area contributed by atoms with E-state index in [4.69, 9.17) is 0 Å². The van der Waals surface area contributed by atoms with Gasteiger partial charge in [-0.1, -0.05) is 6.07 Å². The first-order chi connectivity index (χ1) is 12.0. The Bertz CT molecular complexity index is 1050. The number of benzene rings is 1. The lowest BCUT2D eigenvalue weighted by Crippen LogP contribution is -2.14. The molecule has 0 aliphatic heterocycles. The van der Waals surface area contributed by atoms with Crippen LogP contribution in [-0.2, 0) is 17.3 Å². The average Bonchev–Trinajstić information content (AvgIpc) is 2.57. The van der Waals surface area contributed by atoms with Gasteiger partial charge in [0.1, 0.15) is 11.5 Å². The van der Waals surface area contributed by atoms with Gasteiger partial charge in [0, 0.05) is 24.2 Å². The summed E-state index contributed by atoms with van der Waals surface area (Å²) in [6, 6.07) is 9.20. The zero-order valence-electron chi connectivity index (χ0n) is 13.8. The van der Waals surface area contributed by atoms with Gasteiger partial charge in [0.2, 0.25) is 16.4 Å². The Labute approximate surface area is 168 Å². The van der Waals surface area contributed by atoms with Gasteiger partial charge in [0.05, 0.1) is 11.4 Å². The molecule has 0 bridgehead atoms. The van der Waals surface area contributed by atoms with Crippen LogP contribution < -0.4 is 15.6 Å². The first kappa shape index (κ1) is 22.8. The quantitative estimate of drug-likeness (QED) is 0.445. The average molecular weight is 435 g/mol. The van der Waals surface area contributed by atoms with Crippen LogP contribution in [0.1, 0.15) is 5.56 Å². The van der Waals surface area contributed by atoms with E-state index < -0.39 is 16.7 Å². The number of aromatic nitrogens is 2. The third-order valence-corrected chi connectivity index (χ3v) is 4.07.